The summed E-state index contributed by atoms with van der Waals surface area (Å²) in [6.07, 6.45) is -10.6. The monoisotopic (exact) mass is 252 g/mol. The van der Waals surface area contributed by atoms with Gasteiger partial charge in [-0.2, -0.15) is 13.2 Å². The van der Waals surface area contributed by atoms with Crippen LogP contribution >= 0.6 is 23.2 Å². The van der Waals surface area contributed by atoms with E-state index >= 15 is 0 Å². The van der Waals surface area contributed by atoms with Crippen molar-refractivity contribution >= 4 is 23.2 Å². The Morgan fingerprint density at radius 3 is 1.38 bits per heavy atom. The van der Waals surface area contributed by atoms with E-state index in [-0.39, 0.29) is 0 Å². The molecule has 0 bridgehead atoms. The minimum absolute atomic E-state index is 2.16. The zero-order chi connectivity index (χ0) is 10.9. The van der Waals surface area contributed by atoms with Gasteiger partial charge < -0.3 is 0 Å². The summed E-state index contributed by atoms with van der Waals surface area (Å²) in [7, 11) is 0. The first-order valence-corrected chi connectivity index (χ1v) is 3.09. The van der Waals surface area contributed by atoms with Gasteiger partial charge in [-0.25, -0.2) is 0 Å². The van der Waals surface area contributed by atoms with Gasteiger partial charge in [-0.3, -0.25) is 0 Å². The van der Waals surface area contributed by atoms with E-state index in [0.29, 0.717) is 0 Å². The molecular weight excluding hydrogens is 253 g/mol. The van der Waals surface area contributed by atoms with Crippen molar-refractivity contribution in [1.29, 1.82) is 0 Å². The number of hydrogen-bond donors (Lipinski definition) is 0. The summed E-state index contributed by atoms with van der Waals surface area (Å²) in [6, 6.07) is 0. The lowest BCUT2D eigenvalue weighted by Gasteiger charge is -2.20. The Labute approximate surface area is 77.2 Å². The van der Waals surface area contributed by atoms with Crippen LogP contribution in [0.5, 0.6) is 0 Å². The molecule has 0 saturated carbocycles. The normalized spacial score (nSPS) is 14.8. The van der Waals surface area contributed by atoms with E-state index in [4.69, 9.17) is 0 Å². The second kappa shape index (κ2) is 3.68. The van der Waals surface area contributed by atoms with Crippen LogP contribution in [0, 0.1) is 0 Å². The van der Waals surface area contributed by atoms with E-state index in [1.54, 1.807) is 0 Å². The van der Waals surface area contributed by atoms with Crippen LogP contribution in [0.3, 0.4) is 0 Å². The van der Waals surface area contributed by atoms with E-state index in [9.17, 15) is 26.3 Å². The van der Waals surface area contributed by atoms with E-state index in [1.807, 2.05) is 0 Å². The van der Waals surface area contributed by atoms with Gasteiger partial charge >= 0.3 is 17.1 Å². The number of hydrogen-bond acceptors (Lipinski definition) is 2. The molecule has 0 atom stereocenters. The lowest BCUT2D eigenvalue weighted by molar-refractivity contribution is -0.553. The molecule has 0 amide bonds. The summed E-state index contributed by atoms with van der Waals surface area (Å²) in [5.74, 6) is 0. The number of halogens is 8. The molecule has 0 saturated heterocycles. The maximum absolute atomic E-state index is 12.0. The Morgan fingerprint density at radius 2 is 1.15 bits per heavy atom. The molecule has 0 aliphatic heterocycles. The lowest BCUT2D eigenvalue weighted by atomic mass is 10.7. The predicted octanol–water partition coefficient (Wildman–Crippen LogP) is 3.15. The van der Waals surface area contributed by atoms with Crippen LogP contribution in [0.25, 0.3) is 0 Å². The molecular formula is C3Cl2F6O2. The Hall–Kier alpha value is 0.0800. The van der Waals surface area contributed by atoms with Crippen molar-refractivity contribution in [2.24, 2.45) is 0 Å². The Bertz CT molecular complexity index is 174. The molecule has 0 aromatic heterocycles. The van der Waals surface area contributed by atoms with Gasteiger partial charge in [0.2, 0.25) is 0 Å². The first-order valence-electron chi connectivity index (χ1n) is 2.34. The third-order valence-corrected chi connectivity index (χ3v) is 1.01. The van der Waals surface area contributed by atoms with Gasteiger partial charge in [0.15, 0.2) is 0 Å². The third-order valence-electron chi connectivity index (χ3n) is 0.571. The van der Waals surface area contributed by atoms with Crippen molar-refractivity contribution in [3.8, 4) is 0 Å². The van der Waals surface area contributed by atoms with Gasteiger partial charge in [-0.1, -0.05) is 23.2 Å². The van der Waals surface area contributed by atoms with Crippen LogP contribution < -0.4 is 0 Å². The van der Waals surface area contributed by atoms with Crippen LogP contribution in [0.4, 0.5) is 26.3 Å². The molecule has 0 unspecified atom stereocenters. The second-order valence-corrected chi connectivity index (χ2v) is 2.86. The first kappa shape index (κ1) is 13.1. The smallest absolute Gasteiger partial charge is 0.198 e. The molecule has 0 rings (SSSR count). The third kappa shape index (κ3) is 4.75. The van der Waals surface area contributed by atoms with Crippen molar-refractivity contribution < 1.29 is 36.1 Å². The molecule has 0 aliphatic rings. The maximum atomic E-state index is 12.0. The summed E-state index contributed by atoms with van der Waals surface area (Å²) in [6.45, 7) is 0. The molecule has 0 aromatic carbocycles. The Morgan fingerprint density at radius 1 is 0.769 bits per heavy atom. The van der Waals surface area contributed by atoms with E-state index < -0.39 is 17.1 Å². The quantitative estimate of drug-likeness (QED) is 0.333. The molecule has 0 aliphatic carbocycles. The van der Waals surface area contributed by atoms with Crippen molar-refractivity contribution in [3.63, 3.8) is 0 Å². The highest BCUT2D eigenvalue weighted by Crippen LogP contribution is 2.41. The van der Waals surface area contributed by atoms with Crippen LogP contribution in [0.2, 0.25) is 0 Å². The molecule has 0 aromatic rings. The zero-order valence-electron chi connectivity index (χ0n) is 5.34. The summed E-state index contributed by atoms with van der Waals surface area (Å²) >= 11 is 8.26. The molecule has 2 nitrogen and oxygen atoms in total. The topological polar surface area (TPSA) is 18.5 Å². The highest BCUT2D eigenvalue weighted by atomic mass is 35.5. The molecule has 80 valence electrons. The maximum Gasteiger partial charge on any atom is 0.549 e. The highest BCUT2D eigenvalue weighted by Gasteiger charge is 2.57. The first-order chi connectivity index (χ1) is 5.46. The van der Waals surface area contributed by atoms with Crippen LogP contribution in [0.15, 0.2) is 0 Å². The fourth-order valence-electron chi connectivity index (χ4n) is 0.147. The predicted molar refractivity (Wildman–Crippen MR) is 28.7 cm³/mol. The summed E-state index contributed by atoms with van der Waals surface area (Å²) in [5, 5.41) is 0. The Kier molecular flexibility index (Phi) is 3.70. The lowest BCUT2D eigenvalue weighted by Crippen LogP contribution is -2.39. The van der Waals surface area contributed by atoms with Crippen molar-refractivity contribution in [3.05, 3.63) is 0 Å². The molecule has 0 fully saturated rings. The van der Waals surface area contributed by atoms with E-state index in [0.717, 1.165) is 0 Å². The van der Waals surface area contributed by atoms with Crippen molar-refractivity contribution in [1.82, 2.24) is 0 Å². The summed E-state index contributed by atoms with van der Waals surface area (Å²) in [5.41, 5.74) is 0. The summed E-state index contributed by atoms with van der Waals surface area (Å²) in [4.78, 5) is 4.52. The number of rotatable bonds is 3. The van der Waals surface area contributed by atoms with Gasteiger partial charge in [0, 0.05) is 0 Å². The van der Waals surface area contributed by atoms with Gasteiger partial charge in [0.05, 0.1) is 0 Å². The fraction of sp³-hybridized carbons (Fsp3) is 1.00. The fourth-order valence-corrected chi connectivity index (χ4v) is 0.210. The zero-order valence-corrected chi connectivity index (χ0v) is 6.85. The largest absolute Gasteiger partial charge is 0.549 e. The second-order valence-electron chi connectivity index (χ2n) is 1.63. The molecule has 10 heteroatoms. The van der Waals surface area contributed by atoms with E-state index in [2.05, 4.69) is 33.0 Å². The van der Waals surface area contributed by atoms with Crippen molar-refractivity contribution in [2.45, 2.75) is 17.1 Å². The van der Waals surface area contributed by atoms with Crippen LogP contribution in [0.1, 0.15) is 0 Å². The van der Waals surface area contributed by atoms with Crippen molar-refractivity contribution in [2.75, 3.05) is 0 Å². The molecule has 13 heavy (non-hydrogen) atoms. The minimum atomic E-state index is -5.51. The van der Waals surface area contributed by atoms with Crippen LogP contribution in [-0.2, 0) is 9.78 Å². The SMILES string of the molecule is FC(F)(F)OOC(F)(F)C(F)(Cl)Cl. The van der Waals surface area contributed by atoms with Gasteiger partial charge in [0.1, 0.15) is 0 Å². The van der Waals surface area contributed by atoms with Crippen LogP contribution in [-0.4, -0.2) is 17.1 Å². The summed E-state index contributed by atoms with van der Waals surface area (Å²) < 4.78 is 64.8. The van der Waals surface area contributed by atoms with Gasteiger partial charge in [-0.05, 0) is 0 Å². The average molecular weight is 253 g/mol. The molecule has 0 N–H and O–H groups in total. The standard InChI is InChI=1S/C3Cl2F6O2/c4-1(5,6)2(7,8)12-13-3(9,10)11. The highest BCUT2D eigenvalue weighted by molar-refractivity contribution is 6.47. The average Bonchev–Trinajstić information content (AvgIpc) is 1.79. The minimum Gasteiger partial charge on any atom is -0.198 e. The Balaban J connectivity index is 4.21. The number of alkyl halides is 8. The molecule has 0 spiro atoms. The van der Waals surface area contributed by atoms with Gasteiger partial charge in [-0.15, -0.1) is 22.9 Å². The van der Waals surface area contributed by atoms with Gasteiger partial charge in [0.25, 0.3) is 0 Å². The molecule has 0 radical (unpaired) electrons. The molecule has 0 heterocycles. The van der Waals surface area contributed by atoms with E-state index in [1.165, 1.54) is 0 Å².